The summed E-state index contributed by atoms with van der Waals surface area (Å²) in [6, 6.07) is 0. The maximum Gasteiger partial charge on any atom is 1.00 e. The number of unbranched alkanes of at least 4 members (excludes halogenated alkanes) is 9. The fourth-order valence-electron chi connectivity index (χ4n) is 1.93. The van der Waals surface area contributed by atoms with Crippen molar-refractivity contribution in [1.29, 1.82) is 0 Å². The Balaban J connectivity index is 0. The third-order valence-corrected chi connectivity index (χ3v) is 4.20. The van der Waals surface area contributed by atoms with E-state index in [0.717, 1.165) is 12.8 Å². The zero-order valence-corrected chi connectivity index (χ0v) is 16.2. The van der Waals surface area contributed by atoms with Gasteiger partial charge in [-0.25, -0.2) is 0 Å². The average Bonchev–Trinajstić information content (AvgIpc) is 2.31. The minimum atomic E-state index is -0.915. The Bertz CT molecular complexity index is 189. The Kier molecular flexibility index (Phi) is 19.4. The summed E-state index contributed by atoms with van der Waals surface area (Å²) in [5.74, 6) is -0.915. The predicted molar refractivity (Wildman–Crippen MR) is 79.3 cm³/mol. The van der Waals surface area contributed by atoms with Crippen molar-refractivity contribution in [2.24, 2.45) is 0 Å². The second-order valence-electron chi connectivity index (χ2n) is 4.76. The maximum absolute atomic E-state index is 10.5. The molecule has 0 aromatic heterocycles. The molecule has 0 radical (unpaired) electrons. The van der Waals surface area contributed by atoms with Crippen LogP contribution in [0.5, 0.6) is 0 Å². The van der Waals surface area contributed by atoms with E-state index < -0.39 is 5.97 Å². The number of rotatable bonds is 12. The molecule has 18 heavy (non-hydrogen) atoms. The molecule has 0 aliphatic rings. The van der Waals surface area contributed by atoms with Crippen LogP contribution in [-0.2, 0) is 4.79 Å². The smallest absolute Gasteiger partial charge is 0.549 e. The average molecular weight is 376 g/mol. The van der Waals surface area contributed by atoms with Crippen molar-refractivity contribution < 1.29 is 39.5 Å². The SMILES string of the molecule is CCCCCCCCCCCCC(I)C(=O)[O-].[Na+]. The topological polar surface area (TPSA) is 40.1 Å². The van der Waals surface area contributed by atoms with Gasteiger partial charge < -0.3 is 9.90 Å². The van der Waals surface area contributed by atoms with Crippen LogP contribution in [0.3, 0.4) is 0 Å². The molecule has 2 nitrogen and oxygen atoms in total. The second kappa shape index (κ2) is 16.3. The van der Waals surface area contributed by atoms with Crippen molar-refractivity contribution >= 4 is 28.6 Å². The Hall–Kier alpha value is 1.20. The first-order valence-electron chi connectivity index (χ1n) is 7.03. The van der Waals surface area contributed by atoms with E-state index in [-0.39, 0.29) is 33.5 Å². The zero-order valence-electron chi connectivity index (χ0n) is 12.0. The molecule has 0 N–H and O–H groups in total. The first kappa shape index (κ1) is 21.5. The third-order valence-electron chi connectivity index (χ3n) is 3.07. The molecule has 1 unspecified atom stereocenters. The van der Waals surface area contributed by atoms with Gasteiger partial charge >= 0.3 is 29.6 Å². The van der Waals surface area contributed by atoms with Gasteiger partial charge in [0.1, 0.15) is 0 Å². The van der Waals surface area contributed by atoms with E-state index in [1.807, 2.05) is 22.6 Å². The Morgan fingerprint density at radius 1 is 0.944 bits per heavy atom. The van der Waals surface area contributed by atoms with Crippen molar-refractivity contribution in [3.8, 4) is 0 Å². The van der Waals surface area contributed by atoms with Crippen molar-refractivity contribution in [1.82, 2.24) is 0 Å². The van der Waals surface area contributed by atoms with Crippen molar-refractivity contribution in [3.05, 3.63) is 0 Å². The molecule has 102 valence electrons. The van der Waals surface area contributed by atoms with Crippen molar-refractivity contribution in [2.45, 2.75) is 81.5 Å². The predicted octanol–water partition coefficient (Wildman–Crippen LogP) is 0.855. The number of aliphatic carboxylic acids is 1. The summed E-state index contributed by atoms with van der Waals surface area (Å²) >= 11 is 1.96. The summed E-state index contributed by atoms with van der Waals surface area (Å²) in [6.45, 7) is 2.24. The summed E-state index contributed by atoms with van der Waals surface area (Å²) < 4.78 is -0.304. The third kappa shape index (κ3) is 15.3. The number of carboxylic acids is 1. The van der Waals surface area contributed by atoms with Gasteiger partial charge in [-0.2, -0.15) is 0 Å². The number of hydrogen-bond acceptors (Lipinski definition) is 2. The molecule has 0 aliphatic carbocycles. The van der Waals surface area contributed by atoms with Gasteiger partial charge in [0.15, 0.2) is 0 Å². The van der Waals surface area contributed by atoms with E-state index in [9.17, 15) is 9.90 Å². The number of alkyl halides is 1. The van der Waals surface area contributed by atoms with Gasteiger partial charge in [-0.05, 0) is 6.42 Å². The summed E-state index contributed by atoms with van der Waals surface area (Å²) in [7, 11) is 0. The van der Waals surface area contributed by atoms with Crippen molar-refractivity contribution in [3.63, 3.8) is 0 Å². The molecule has 0 amide bonds. The Morgan fingerprint density at radius 2 is 1.33 bits per heavy atom. The van der Waals surface area contributed by atoms with E-state index in [4.69, 9.17) is 0 Å². The standard InChI is InChI=1S/C14H27IO2.Na/c1-2-3-4-5-6-7-8-9-10-11-12-13(15)14(16)17;/h13H,2-12H2,1H3,(H,16,17);/q;+1/p-1. The fraction of sp³-hybridized carbons (Fsp3) is 0.929. The van der Waals surface area contributed by atoms with Crippen LogP contribution in [-0.4, -0.2) is 9.89 Å². The number of carbonyl (C=O) groups is 1. The number of hydrogen-bond donors (Lipinski definition) is 0. The zero-order chi connectivity index (χ0) is 12.9. The monoisotopic (exact) mass is 376 g/mol. The van der Waals surface area contributed by atoms with E-state index in [2.05, 4.69) is 6.92 Å². The first-order chi connectivity index (χ1) is 8.18. The van der Waals surface area contributed by atoms with Crippen LogP contribution >= 0.6 is 22.6 Å². The Labute approximate surface area is 148 Å². The van der Waals surface area contributed by atoms with Crippen LogP contribution in [0.4, 0.5) is 0 Å². The summed E-state index contributed by atoms with van der Waals surface area (Å²) in [5.41, 5.74) is 0. The van der Waals surface area contributed by atoms with Crippen LogP contribution in [0, 0.1) is 0 Å². The van der Waals surface area contributed by atoms with Gasteiger partial charge in [-0.1, -0.05) is 93.7 Å². The van der Waals surface area contributed by atoms with Gasteiger partial charge in [-0.3, -0.25) is 0 Å². The molecule has 0 saturated heterocycles. The van der Waals surface area contributed by atoms with Crippen LogP contribution in [0.1, 0.15) is 77.6 Å². The number of carboxylic acid groups (broad SMARTS) is 1. The molecule has 0 bridgehead atoms. The maximum atomic E-state index is 10.5. The van der Waals surface area contributed by atoms with Crippen LogP contribution in [0.25, 0.3) is 0 Å². The van der Waals surface area contributed by atoms with Gasteiger partial charge in [0.25, 0.3) is 0 Å². The largest absolute Gasteiger partial charge is 1.00 e. The molecule has 4 heteroatoms. The van der Waals surface area contributed by atoms with Gasteiger partial charge in [0.2, 0.25) is 0 Å². The molecular formula is C14H26INaO2. The molecule has 0 spiro atoms. The molecule has 0 aliphatic heterocycles. The minimum Gasteiger partial charge on any atom is -0.549 e. The van der Waals surface area contributed by atoms with E-state index >= 15 is 0 Å². The van der Waals surface area contributed by atoms with Gasteiger partial charge in [0, 0.05) is 0 Å². The van der Waals surface area contributed by atoms with Crippen LogP contribution in [0.15, 0.2) is 0 Å². The molecule has 0 aromatic rings. The summed E-state index contributed by atoms with van der Waals surface area (Å²) in [6.07, 6.45) is 13.7. The Morgan fingerprint density at radius 3 is 1.72 bits per heavy atom. The molecule has 0 aromatic carbocycles. The normalized spacial score (nSPS) is 11.9. The molecule has 1 atom stereocenters. The van der Waals surface area contributed by atoms with Gasteiger partial charge in [0.05, 0.1) is 9.89 Å². The molecule has 0 rings (SSSR count). The fourth-order valence-corrected chi connectivity index (χ4v) is 2.37. The second-order valence-corrected chi connectivity index (χ2v) is 6.26. The minimum absolute atomic E-state index is 0. The molecule has 0 fully saturated rings. The molecular weight excluding hydrogens is 350 g/mol. The summed E-state index contributed by atoms with van der Waals surface area (Å²) in [5, 5.41) is 10.5. The van der Waals surface area contributed by atoms with E-state index in [0.29, 0.717) is 0 Å². The van der Waals surface area contributed by atoms with Gasteiger partial charge in [-0.15, -0.1) is 0 Å². The summed E-state index contributed by atoms with van der Waals surface area (Å²) in [4.78, 5) is 10.5. The quantitative estimate of drug-likeness (QED) is 0.219. The van der Waals surface area contributed by atoms with E-state index in [1.54, 1.807) is 0 Å². The van der Waals surface area contributed by atoms with Crippen LogP contribution in [0.2, 0.25) is 0 Å². The van der Waals surface area contributed by atoms with Crippen LogP contribution < -0.4 is 34.7 Å². The van der Waals surface area contributed by atoms with E-state index in [1.165, 1.54) is 57.8 Å². The first-order valence-corrected chi connectivity index (χ1v) is 8.28. The molecule has 0 heterocycles. The number of carbonyl (C=O) groups excluding carboxylic acids is 1. The molecule has 0 saturated carbocycles. The number of halogens is 1. The van der Waals surface area contributed by atoms with Crippen molar-refractivity contribution in [2.75, 3.05) is 0 Å².